The van der Waals surface area contributed by atoms with Gasteiger partial charge in [-0.15, -0.1) is 0 Å². The van der Waals surface area contributed by atoms with Gasteiger partial charge in [0.2, 0.25) is 5.89 Å². The van der Waals surface area contributed by atoms with E-state index in [1.807, 2.05) is 4.90 Å². The van der Waals surface area contributed by atoms with E-state index in [0.29, 0.717) is 19.0 Å². The lowest BCUT2D eigenvalue weighted by atomic mass is 10.3. The average Bonchev–Trinajstić information content (AvgIpc) is 2.77. The fourth-order valence-corrected chi connectivity index (χ4v) is 1.79. The molecule has 1 aromatic heterocycles. The monoisotopic (exact) mass is 269 g/mol. The second-order valence-electron chi connectivity index (χ2n) is 4.37. The van der Waals surface area contributed by atoms with Gasteiger partial charge in [0.05, 0.1) is 19.7 Å². The first-order valence-corrected chi connectivity index (χ1v) is 6.89. The topological polar surface area (TPSA) is 68.5 Å². The number of carbonyl (C=O) groups excluding carboxylic acids is 1. The number of aryl methyl sites for hydroxylation is 1. The summed E-state index contributed by atoms with van der Waals surface area (Å²) in [7, 11) is 0. The van der Waals surface area contributed by atoms with Gasteiger partial charge in [0.25, 0.3) is 0 Å². The summed E-state index contributed by atoms with van der Waals surface area (Å²) in [5.41, 5.74) is 0. The largest absolute Gasteiger partial charge is 0.465 e. The summed E-state index contributed by atoms with van der Waals surface area (Å²) in [4.78, 5) is 17.8. The van der Waals surface area contributed by atoms with Crippen LogP contribution in [-0.4, -0.2) is 40.7 Å². The molecule has 1 aromatic rings. The number of nitrogens with zero attached hydrogens (tertiary/aromatic N) is 3. The van der Waals surface area contributed by atoms with Crippen LogP contribution in [0.4, 0.5) is 0 Å². The van der Waals surface area contributed by atoms with Crippen molar-refractivity contribution in [1.82, 2.24) is 15.0 Å². The van der Waals surface area contributed by atoms with E-state index in [0.717, 1.165) is 31.6 Å². The summed E-state index contributed by atoms with van der Waals surface area (Å²) >= 11 is 0. The van der Waals surface area contributed by atoms with Gasteiger partial charge in [0.1, 0.15) is 0 Å². The molecular weight excluding hydrogens is 246 g/mol. The van der Waals surface area contributed by atoms with E-state index in [4.69, 9.17) is 9.26 Å². The lowest BCUT2D eigenvalue weighted by molar-refractivity contribution is -0.144. The Kier molecular flexibility index (Phi) is 7.10. The minimum Gasteiger partial charge on any atom is -0.465 e. The first-order valence-electron chi connectivity index (χ1n) is 6.89. The molecule has 1 rings (SSSR count). The van der Waals surface area contributed by atoms with Gasteiger partial charge in [0, 0.05) is 6.42 Å². The quantitative estimate of drug-likeness (QED) is 0.637. The van der Waals surface area contributed by atoms with Crippen LogP contribution in [0.2, 0.25) is 0 Å². The average molecular weight is 269 g/mol. The molecule has 1 heterocycles. The molecule has 0 unspecified atom stereocenters. The Balaban J connectivity index is 2.53. The van der Waals surface area contributed by atoms with Crippen LogP contribution in [-0.2, 0) is 22.5 Å². The van der Waals surface area contributed by atoms with Gasteiger partial charge < -0.3 is 9.26 Å². The molecular formula is C13H23N3O3. The Labute approximate surface area is 114 Å². The van der Waals surface area contributed by atoms with Crippen LogP contribution < -0.4 is 0 Å². The van der Waals surface area contributed by atoms with Gasteiger partial charge in [-0.05, 0) is 26.3 Å². The van der Waals surface area contributed by atoms with Crippen molar-refractivity contribution >= 4 is 5.97 Å². The fraction of sp³-hybridized carbons (Fsp3) is 0.769. The van der Waals surface area contributed by atoms with Gasteiger partial charge in [0.15, 0.2) is 5.82 Å². The zero-order valence-electron chi connectivity index (χ0n) is 12.0. The van der Waals surface area contributed by atoms with Crippen molar-refractivity contribution < 1.29 is 14.1 Å². The number of rotatable bonds is 9. The molecule has 6 nitrogen and oxygen atoms in total. The highest BCUT2D eigenvalue weighted by atomic mass is 16.5. The lowest BCUT2D eigenvalue weighted by Crippen LogP contribution is -2.31. The summed E-state index contributed by atoms with van der Waals surface area (Å²) in [5, 5.41) is 3.91. The minimum absolute atomic E-state index is 0.218. The molecule has 0 spiro atoms. The van der Waals surface area contributed by atoms with Crippen molar-refractivity contribution in [3.8, 4) is 0 Å². The zero-order chi connectivity index (χ0) is 14.1. The fourth-order valence-electron chi connectivity index (χ4n) is 1.79. The Morgan fingerprint density at radius 3 is 2.74 bits per heavy atom. The molecule has 19 heavy (non-hydrogen) atoms. The summed E-state index contributed by atoms with van der Waals surface area (Å²) in [6.07, 6.45) is 2.75. The molecule has 0 aliphatic carbocycles. The van der Waals surface area contributed by atoms with Gasteiger partial charge in [-0.1, -0.05) is 19.0 Å². The summed E-state index contributed by atoms with van der Waals surface area (Å²) in [6, 6.07) is 0. The van der Waals surface area contributed by atoms with Crippen molar-refractivity contribution in [2.75, 3.05) is 19.7 Å². The highest BCUT2D eigenvalue weighted by Crippen LogP contribution is 2.05. The second kappa shape index (κ2) is 8.63. The third-order valence-corrected chi connectivity index (χ3v) is 2.54. The molecule has 0 atom stereocenters. The smallest absolute Gasteiger partial charge is 0.320 e. The van der Waals surface area contributed by atoms with E-state index >= 15 is 0 Å². The standard InChI is InChI=1S/C13H23N3O3/c1-4-7-11-14-12(19-15-11)9-16(8-5-2)10-13(17)18-6-3/h4-10H2,1-3H3. The van der Waals surface area contributed by atoms with Crippen LogP contribution >= 0.6 is 0 Å². The van der Waals surface area contributed by atoms with Crippen LogP contribution in [0, 0.1) is 0 Å². The first kappa shape index (κ1) is 15.6. The number of ether oxygens (including phenoxy) is 1. The lowest BCUT2D eigenvalue weighted by Gasteiger charge is -2.18. The molecule has 0 aromatic carbocycles. The van der Waals surface area contributed by atoms with E-state index in [1.54, 1.807) is 6.92 Å². The molecule has 0 amide bonds. The molecule has 0 N–H and O–H groups in total. The van der Waals surface area contributed by atoms with Crippen LogP contribution in [0.1, 0.15) is 45.3 Å². The maximum absolute atomic E-state index is 11.5. The molecule has 108 valence electrons. The maximum Gasteiger partial charge on any atom is 0.320 e. The van der Waals surface area contributed by atoms with Crippen molar-refractivity contribution in [2.45, 2.75) is 46.6 Å². The third kappa shape index (κ3) is 5.83. The summed E-state index contributed by atoms with van der Waals surface area (Å²) in [5.74, 6) is 1.07. The summed E-state index contributed by atoms with van der Waals surface area (Å²) in [6.45, 7) is 7.88. The number of hydrogen-bond acceptors (Lipinski definition) is 6. The van der Waals surface area contributed by atoms with Crippen molar-refractivity contribution in [3.05, 3.63) is 11.7 Å². The van der Waals surface area contributed by atoms with Crippen LogP contribution in [0.3, 0.4) is 0 Å². The minimum atomic E-state index is -0.218. The van der Waals surface area contributed by atoms with Crippen LogP contribution in [0.15, 0.2) is 4.52 Å². The normalized spacial score (nSPS) is 10.9. The SMILES string of the molecule is CCCc1noc(CN(CCC)CC(=O)OCC)n1. The van der Waals surface area contributed by atoms with Crippen molar-refractivity contribution in [3.63, 3.8) is 0 Å². The Hall–Kier alpha value is -1.43. The van der Waals surface area contributed by atoms with E-state index in [1.165, 1.54) is 0 Å². The van der Waals surface area contributed by atoms with Gasteiger partial charge >= 0.3 is 5.97 Å². The number of carbonyl (C=O) groups is 1. The van der Waals surface area contributed by atoms with Gasteiger partial charge in [-0.25, -0.2) is 0 Å². The molecule has 0 saturated carbocycles. The molecule has 0 saturated heterocycles. The predicted molar refractivity (Wildman–Crippen MR) is 70.5 cm³/mol. The van der Waals surface area contributed by atoms with E-state index in [9.17, 15) is 4.79 Å². The highest BCUT2D eigenvalue weighted by Gasteiger charge is 2.15. The van der Waals surface area contributed by atoms with E-state index in [2.05, 4.69) is 24.0 Å². The predicted octanol–water partition coefficient (Wildman–Crippen LogP) is 1.80. The highest BCUT2D eigenvalue weighted by molar-refractivity contribution is 5.71. The van der Waals surface area contributed by atoms with E-state index < -0.39 is 0 Å². The molecule has 0 aliphatic rings. The maximum atomic E-state index is 11.5. The molecule has 0 fully saturated rings. The molecule has 0 bridgehead atoms. The van der Waals surface area contributed by atoms with Gasteiger partial charge in [-0.2, -0.15) is 4.98 Å². The number of esters is 1. The Bertz CT molecular complexity index is 379. The number of hydrogen-bond donors (Lipinski definition) is 0. The second-order valence-corrected chi connectivity index (χ2v) is 4.37. The third-order valence-electron chi connectivity index (χ3n) is 2.54. The Morgan fingerprint density at radius 1 is 1.32 bits per heavy atom. The molecule has 6 heteroatoms. The van der Waals surface area contributed by atoms with Crippen LogP contribution in [0.5, 0.6) is 0 Å². The molecule has 0 aliphatic heterocycles. The Morgan fingerprint density at radius 2 is 2.11 bits per heavy atom. The van der Waals surface area contributed by atoms with Gasteiger partial charge in [-0.3, -0.25) is 9.69 Å². The van der Waals surface area contributed by atoms with Crippen molar-refractivity contribution in [2.24, 2.45) is 0 Å². The first-order chi connectivity index (χ1) is 9.19. The summed E-state index contributed by atoms with van der Waals surface area (Å²) < 4.78 is 10.1. The number of aromatic nitrogens is 2. The molecule has 0 radical (unpaired) electrons. The van der Waals surface area contributed by atoms with E-state index in [-0.39, 0.29) is 12.5 Å². The zero-order valence-corrected chi connectivity index (χ0v) is 12.0. The van der Waals surface area contributed by atoms with Crippen molar-refractivity contribution in [1.29, 1.82) is 0 Å². The van der Waals surface area contributed by atoms with Crippen LogP contribution in [0.25, 0.3) is 0 Å².